The number of aryl methyl sites for hydroxylation is 1. The van der Waals surface area contributed by atoms with Crippen LogP contribution in [-0.4, -0.2) is 32.6 Å². The second-order valence-electron chi connectivity index (χ2n) is 7.99. The fourth-order valence-electron chi connectivity index (χ4n) is 4.55. The number of piperidine rings is 1. The van der Waals surface area contributed by atoms with E-state index >= 15 is 0 Å². The molecule has 3 heterocycles. The lowest BCUT2D eigenvalue weighted by Gasteiger charge is -2.38. The quantitative estimate of drug-likeness (QED) is 0.688. The van der Waals surface area contributed by atoms with Gasteiger partial charge in [0.1, 0.15) is 16.2 Å². The maximum Gasteiger partial charge on any atom is 0.244 e. The fourth-order valence-corrected chi connectivity index (χ4v) is 5.93. The van der Waals surface area contributed by atoms with Crippen molar-refractivity contribution in [3.05, 3.63) is 59.9 Å². The third-order valence-electron chi connectivity index (χ3n) is 6.16. The first-order valence-corrected chi connectivity index (χ1v) is 11.6. The monoisotopic (exact) mass is 411 g/mol. The van der Waals surface area contributed by atoms with Gasteiger partial charge in [0.15, 0.2) is 0 Å². The van der Waals surface area contributed by atoms with Crippen LogP contribution in [0.15, 0.2) is 57.8 Å². The Morgan fingerprint density at radius 2 is 1.79 bits per heavy atom. The Hall–Kier alpha value is -2.35. The Bertz CT molecular complexity index is 1150. The molecule has 2 aliphatic heterocycles. The van der Waals surface area contributed by atoms with Crippen molar-refractivity contribution in [1.82, 2.24) is 9.62 Å². The van der Waals surface area contributed by atoms with E-state index in [4.69, 9.17) is 4.42 Å². The molecular weight excluding hydrogens is 386 g/mol. The van der Waals surface area contributed by atoms with E-state index in [1.54, 1.807) is 12.1 Å². The van der Waals surface area contributed by atoms with Crippen molar-refractivity contribution in [2.24, 2.45) is 5.92 Å². The molecule has 6 nitrogen and oxygen atoms in total. The SMILES string of the molecule is Cc1oc2ccccc2c1CN1CCC([C@@H]2Nc3ccccc3S(=O)(=O)N2)CC1. The van der Waals surface area contributed by atoms with E-state index in [0.29, 0.717) is 10.6 Å². The molecule has 29 heavy (non-hydrogen) atoms. The van der Waals surface area contributed by atoms with E-state index in [2.05, 4.69) is 21.0 Å². The van der Waals surface area contributed by atoms with Crippen LogP contribution in [0.25, 0.3) is 11.0 Å². The number of rotatable bonds is 3. The molecule has 1 fully saturated rings. The third kappa shape index (κ3) is 3.43. The van der Waals surface area contributed by atoms with Crippen LogP contribution in [0.1, 0.15) is 24.2 Å². The second kappa shape index (κ2) is 7.16. The third-order valence-corrected chi connectivity index (χ3v) is 7.65. The predicted octanol–water partition coefficient (Wildman–Crippen LogP) is 3.68. The summed E-state index contributed by atoms with van der Waals surface area (Å²) in [6, 6.07) is 15.3. The molecule has 0 bridgehead atoms. The Labute approximate surface area is 170 Å². The van der Waals surface area contributed by atoms with Crippen LogP contribution in [0.5, 0.6) is 0 Å². The molecule has 7 heteroatoms. The first kappa shape index (κ1) is 18.7. The lowest BCUT2D eigenvalue weighted by Crippen LogP contribution is -2.51. The molecule has 0 unspecified atom stereocenters. The molecule has 0 spiro atoms. The summed E-state index contributed by atoms with van der Waals surface area (Å²) in [7, 11) is -3.46. The Balaban J connectivity index is 1.27. The minimum atomic E-state index is -3.46. The van der Waals surface area contributed by atoms with Gasteiger partial charge in [-0.25, -0.2) is 8.42 Å². The van der Waals surface area contributed by atoms with Crippen molar-refractivity contribution >= 4 is 26.7 Å². The summed E-state index contributed by atoms with van der Waals surface area (Å²) in [6.07, 6.45) is 1.63. The van der Waals surface area contributed by atoms with E-state index in [-0.39, 0.29) is 12.1 Å². The summed E-state index contributed by atoms with van der Waals surface area (Å²) in [5.74, 6) is 1.24. The predicted molar refractivity (Wildman–Crippen MR) is 113 cm³/mol. The minimum Gasteiger partial charge on any atom is -0.461 e. The molecule has 0 aliphatic carbocycles. The van der Waals surface area contributed by atoms with Crippen LogP contribution in [-0.2, 0) is 16.6 Å². The molecule has 152 valence electrons. The van der Waals surface area contributed by atoms with Crippen LogP contribution in [0.2, 0.25) is 0 Å². The Morgan fingerprint density at radius 1 is 1.07 bits per heavy atom. The largest absolute Gasteiger partial charge is 0.461 e. The number of hydrogen-bond donors (Lipinski definition) is 2. The van der Waals surface area contributed by atoms with Crippen molar-refractivity contribution in [1.29, 1.82) is 0 Å². The average molecular weight is 412 g/mol. The first-order valence-electron chi connectivity index (χ1n) is 10.1. The molecule has 5 rings (SSSR count). The summed E-state index contributed by atoms with van der Waals surface area (Å²) >= 11 is 0. The summed E-state index contributed by atoms with van der Waals surface area (Å²) in [5.41, 5.74) is 2.89. The van der Waals surface area contributed by atoms with Gasteiger partial charge in [0.2, 0.25) is 10.0 Å². The highest BCUT2D eigenvalue weighted by atomic mass is 32.2. The van der Waals surface area contributed by atoms with Crippen molar-refractivity contribution in [3.63, 3.8) is 0 Å². The zero-order chi connectivity index (χ0) is 20.0. The minimum absolute atomic E-state index is 0.256. The van der Waals surface area contributed by atoms with E-state index in [0.717, 1.165) is 43.8 Å². The average Bonchev–Trinajstić information content (AvgIpc) is 3.03. The van der Waals surface area contributed by atoms with E-state index in [1.807, 2.05) is 37.3 Å². The van der Waals surface area contributed by atoms with Crippen LogP contribution in [0.4, 0.5) is 5.69 Å². The van der Waals surface area contributed by atoms with E-state index in [1.165, 1.54) is 10.9 Å². The van der Waals surface area contributed by atoms with Crippen LogP contribution in [0.3, 0.4) is 0 Å². The summed E-state index contributed by atoms with van der Waals surface area (Å²) < 4.78 is 33.9. The number of fused-ring (bicyclic) bond motifs is 2. The molecule has 0 radical (unpaired) electrons. The highest BCUT2D eigenvalue weighted by Gasteiger charge is 2.35. The Morgan fingerprint density at radius 3 is 2.62 bits per heavy atom. The van der Waals surface area contributed by atoms with Gasteiger partial charge in [-0.05, 0) is 57.0 Å². The second-order valence-corrected chi connectivity index (χ2v) is 9.67. The smallest absolute Gasteiger partial charge is 0.244 e. The molecule has 2 aliphatic rings. The lowest BCUT2D eigenvalue weighted by molar-refractivity contribution is 0.163. The van der Waals surface area contributed by atoms with Gasteiger partial charge in [-0.15, -0.1) is 0 Å². The zero-order valence-electron chi connectivity index (χ0n) is 16.4. The Kier molecular flexibility index (Phi) is 4.61. The number of sulfonamides is 1. The van der Waals surface area contributed by atoms with Gasteiger partial charge >= 0.3 is 0 Å². The first-order chi connectivity index (χ1) is 14.0. The van der Waals surface area contributed by atoms with Gasteiger partial charge in [0.25, 0.3) is 0 Å². The topological polar surface area (TPSA) is 74.6 Å². The number of nitrogens with one attached hydrogen (secondary N) is 2. The molecule has 1 atom stereocenters. The molecule has 2 aromatic carbocycles. The number of furan rings is 1. The lowest BCUT2D eigenvalue weighted by atomic mass is 9.93. The van der Waals surface area contributed by atoms with Gasteiger partial charge in [-0.1, -0.05) is 30.3 Å². The molecule has 0 saturated carbocycles. The van der Waals surface area contributed by atoms with Crippen LogP contribution < -0.4 is 10.0 Å². The zero-order valence-corrected chi connectivity index (χ0v) is 17.2. The fraction of sp³-hybridized carbons (Fsp3) is 0.364. The number of para-hydroxylation sites is 2. The summed E-state index contributed by atoms with van der Waals surface area (Å²) in [5, 5.41) is 4.58. The standard InChI is InChI=1S/C22H25N3O3S/c1-15-18(17-6-2-4-8-20(17)28-15)14-25-12-10-16(11-13-25)22-23-19-7-3-5-9-21(19)29(26,27)24-22/h2-9,16,22-24H,10-14H2,1H3/t22-/m1/s1. The molecule has 1 saturated heterocycles. The number of hydrogen-bond acceptors (Lipinski definition) is 5. The van der Waals surface area contributed by atoms with Gasteiger partial charge in [-0.3, -0.25) is 4.90 Å². The van der Waals surface area contributed by atoms with Crippen molar-refractivity contribution < 1.29 is 12.8 Å². The number of nitrogens with zero attached hydrogens (tertiary/aromatic N) is 1. The maximum atomic E-state index is 12.6. The van der Waals surface area contributed by atoms with Crippen LogP contribution >= 0.6 is 0 Å². The normalized spacial score (nSPS) is 22.3. The summed E-state index contributed by atoms with van der Waals surface area (Å²) in [4.78, 5) is 2.77. The molecule has 2 N–H and O–H groups in total. The van der Waals surface area contributed by atoms with Gasteiger partial charge in [-0.2, -0.15) is 4.72 Å². The number of anilines is 1. The highest BCUT2D eigenvalue weighted by molar-refractivity contribution is 7.89. The highest BCUT2D eigenvalue weighted by Crippen LogP contribution is 2.32. The molecule has 1 aromatic heterocycles. The van der Waals surface area contributed by atoms with Crippen molar-refractivity contribution in [3.8, 4) is 0 Å². The van der Waals surface area contributed by atoms with E-state index in [9.17, 15) is 8.42 Å². The molecule has 3 aromatic rings. The summed E-state index contributed by atoms with van der Waals surface area (Å²) in [6.45, 7) is 4.76. The maximum absolute atomic E-state index is 12.6. The number of benzene rings is 2. The van der Waals surface area contributed by atoms with Crippen molar-refractivity contribution in [2.75, 3.05) is 18.4 Å². The van der Waals surface area contributed by atoms with Gasteiger partial charge < -0.3 is 9.73 Å². The molecular formula is C22H25N3O3S. The molecule has 0 amide bonds. The van der Waals surface area contributed by atoms with Gasteiger partial charge in [0, 0.05) is 17.5 Å². The van der Waals surface area contributed by atoms with Crippen LogP contribution in [0, 0.1) is 12.8 Å². The van der Waals surface area contributed by atoms with Gasteiger partial charge in [0.05, 0.1) is 11.9 Å². The van der Waals surface area contributed by atoms with Crippen molar-refractivity contribution in [2.45, 2.75) is 37.4 Å². The van der Waals surface area contributed by atoms with E-state index < -0.39 is 10.0 Å². The number of likely N-dealkylation sites (tertiary alicyclic amines) is 1.